The second-order valence-electron chi connectivity index (χ2n) is 6.09. The highest BCUT2D eigenvalue weighted by molar-refractivity contribution is 5.88. The lowest BCUT2D eigenvalue weighted by Gasteiger charge is -2.10. The summed E-state index contributed by atoms with van der Waals surface area (Å²) >= 11 is 0. The van der Waals surface area contributed by atoms with Gasteiger partial charge in [-0.3, -0.25) is 0 Å². The Hall–Kier alpha value is -1.54. The zero-order chi connectivity index (χ0) is 17.0. The first-order valence-corrected chi connectivity index (χ1v) is 7.74. The number of ether oxygens (including phenoxy) is 2. The van der Waals surface area contributed by atoms with Crippen LogP contribution in [-0.4, -0.2) is 52.8 Å². The van der Waals surface area contributed by atoms with Crippen molar-refractivity contribution in [1.29, 1.82) is 0 Å². The molecular formula is C16H24NO6+. The lowest BCUT2D eigenvalue weighted by atomic mass is 10.1. The van der Waals surface area contributed by atoms with E-state index in [1.165, 1.54) is 10.8 Å². The molecule has 0 amide bonds. The molecule has 2 rings (SSSR count). The smallest absolute Gasteiger partial charge is 0.344 e. The molecule has 0 radical (unpaired) electrons. The molecule has 2 heterocycles. The molecule has 1 fully saturated rings. The second kappa shape index (κ2) is 7.83. The molecule has 3 N–H and O–H groups in total. The fraction of sp³-hybridized carbons (Fsp3) is 0.625. The topological polar surface area (TPSA) is 100 Å². The molecule has 0 aromatic carbocycles. The van der Waals surface area contributed by atoms with Crippen molar-refractivity contribution in [1.82, 2.24) is 0 Å². The second-order valence-corrected chi connectivity index (χ2v) is 6.09. The molecule has 1 aliphatic heterocycles. The van der Waals surface area contributed by atoms with Gasteiger partial charge in [0.15, 0.2) is 18.5 Å². The molecule has 23 heavy (non-hydrogen) atoms. The lowest BCUT2D eigenvalue weighted by molar-refractivity contribution is -0.765. The summed E-state index contributed by atoms with van der Waals surface area (Å²) in [4.78, 5) is 12.0. The van der Waals surface area contributed by atoms with Gasteiger partial charge in [0, 0.05) is 6.07 Å². The summed E-state index contributed by atoms with van der Waals surface area (Å²) < 4.78 is 12.1. The van der Waals surface area contributed by atoms with Crippen LogP contribution in [0.3, 0.4) is 0 Å². The number of esters is 1. The Morgan fingerprint density at radius 3 is 2.74 bits per heavy atom. The third kappa shape index (κ3) is 4.26. The summed E-state index contributed by atoms with van der Waals surface area (Å²) in [6.07, 6.45) is -0.199. The predicted molar refractivity (Wildman–Crippen MR) is 79.4 cm³/mol. The number of pyridine rings is 1. The standard InChI is InChI=1S/C16H24NO6/c1-10(2)5-7-22-16(21)11-4-3-6-17(8-11)15-14(20)13(19)12(9-18)23-15/h3-4,6,8,10,12-15,18-20H,5,7,9H2,1-2H3/q+1/t12-,13+,14?,15-/m1/s1. The van der Waals surface area contributed by atoms with Gasteiger partial charge in [-0.15, -0.1) is 0 Å². The van der Waals surface area contributed by atoms with Crippen LogP contribution in [0, 0.1) is 5.92 Å². The Kier molecular flexibility index (Phi) is 6.06. The highest BCUT2D eigenvalue weighted by Crippen LogP contribution is 2.25. The molecule has 0 aliphatic carbocycles. The first-order chi connectivity index (χ1) is 10.9. The molecule has 0 bridgehead atoms. The number of aliphatic hydroxyl groups excluding tert-OH is 3. The Morgan fingerprint density at radius 1 is 1.39 bits per heavy atom. The van der Waals surface area contributed by atoms with Crippen molar-refractivity contribution < 1.29 is 34.2 Å². The average Bonchev–Trinajstić information content (AvgIpc) is 2.82. The van der Waals surface area contributed by atoms with E-state index in [1.54, 1.807) is 18.3 Å². The maximum Gasteiger partial charge on any atom is 0.344 e. The number of hydrogen-bond acceptors (Lipinski definition) is 6. The minimum Gasteiger partial charge on any atom is -0.462 e. The number of aliphatic hydroxyl groups is 3. The van der Waals surface area contributed by atoms with E-state index < -0.39 is 37.1 Å². The van der Waals surface area contributed by atoms with Gasteiger partial charge in [0.2, 0.25) is 0 Å². The van der Waals surface area contributed by atoms with Crippen molar-refractivity contribution >= 4 is 5.97 Å². The van der Waals surface area contributed by atoms with Gasteiger partial charge in [0.05, 0.1) is 13.2 Å². The van der Waals surface area contributed by atoms with Crippen molar-refractivity contribution in [3.63, 3.8) is 0 Å². The SMILES string of the molecule is CC(C)CCOC(=O)c1ccc[n+]([C@@H]2O[C@H](CO)[C@H](O)C2O)c1. The Bertz CT molecular complexity index is 535. The van der Waals surface area contributed by atoms with Crippen LogP contribution < -0.4 is 4.57 Å². The van der Waals surface area contributed by atoms with E-state index in [0.29, 0.717) is 18.1 Å². The molecule has 0 spiro atoms. The summed E-state index contributed by atoms with van der Waals surface area (Å²) in [6.45, 7) is 4.05. The summed E-state index contributed by atoms with van der Waals surface area (Å²) in [5.74, 6) is -0.00538. The molecule has 0 saturated carbocycles. The van der Waals surface area contributed by atoms with Crippen molar-refractivity contribution in [3.05, 3.63) is 30.1 Å². The van der Waals surface area contributed by atoms with Gasteiger partial charge >= 0.3 is 5.97 Å². The summed E-state index contributed by atoms with van der Waals surface area (Å²) in [5, 5.41) is 28.9. The van der Waals surface area contributed by atoms with Gasteiger partial charge in [0.1, 0.15) is 17.8 Å². The van der Waals surface area contributed by atoms with E-state index >= 15 is 0 Å². The molecule has 1 unspecified atom stereocenters. The fourth-order valence-electron chi connectivity index (χ4n) is 2.37. The van der Waals surface area contributed by atoms with E-state index in [0.717, 1.165) is 6.42 Å². The van der Waals surface area contributed by atoms with Gasteiger partial charge in [0.25, 0.3) is 6.23 Å². The Balaban J connectivity index is 2.06. The van der Waals surface area contributed by atoms with Crippen LogP contribution in [0.15, 0.2) is 24.5 Å². The molecule has 1 aromatic heterocycles. The molecule has 7 nitrogen and oxygen atoms in total. The monoisotopic (exact) mass is 326 g/mol. The van der Waals surface area contributed by atoms with Crippen LogP contribution in [0.25, 0.3) is 0 Å². The minimum atomic E-state index is -1.19. The zero-order valence-corrected chi connectivity index (χ0v) is 13.3. The molecular weight excluding hydrogens is 302 g/mol. The van der Waals surface area contributed by atoms with Gasteiger partial charge in [-0.05, 0) is 18.4 Å². The van der Waals surface area contributed by atoms with Gasteiger partial charge in [-0.2, -0.15) is 4.57 Å². The van der Waals surface area contributed by atoms with Gasteiger partial charge in [-0.1, -0.05) is 13.8 Å². The Labute approximate surface area is 135 Å². The number of rotatable bonds is 6. The van der Waals surface area contributed by atoms with E-state index in [-0.39, 0.29) is 0 Å². The normalized spacial score (nSPS) is 27.4. The number of carbonyl (C=O) groups is 1. The van der Waals surface area contributed by atoms with Crippen LogP contribution >= 0.6 is 0 Å². The molecule has 1 aliphatic rings. The van der Waals surface area contributed by atoms with E-state index in [1.807, 2.05) is 13.8 Å². The van der Waals surface area contributed by atoms with Crippen LogP contribution in [0.4, 0.5) is 0 Å². The van der Waals surface area contributed by atoms with Gasteiger partial charge < -0.3 is 24.8 Å². The summed E-state index contributed by atoms with van der Waals surface area (Å²) in [5.41, 5.74) is 0.328. The maximum atomic E-state index is 12.0. The van der Waals surface area contributed by atoms with Crippen molar-refractivity contribution in [3.8, 4) is 0 Å². The Morgan fingerprint density at radius 2 is 2.13 bits per heavy atom. The largest absolute Gasteiger partial charge is 0.462 e. The van der Waals surface area contributed by atoms with Gasteiger partial charge in [-0.25, -0.2) is 4.79 Å². The number of carbonyl (C=O) groups excluding carboxylic acids is 1. The third-order valence-electron chi connectivity index (χ3n) is 3.80. The lowest BCUT2D eigenvalue weighted by Crippen LogP contribution is -2.46. The van der Waals surface area contributed by atoms with Crippen molar-refractivity contribution in [2.45, 2.75) is 44.8 Å². The van der Waals surface area contributed by atoms with E-state index in [2.05, 4.69) is 0 Å². The first-order valence-electron chi connectivity index (χ1n) is 7.74. The summed E-state index contributed by atoms with van der Waals surface area (Å²) in [7, 11) is 0. The predicted octanol–water partition coefficient (Wildman–Crippen LogP) is -0.212. The maximum absolute atomic E-state index is 12.0. The van der Waals surface area contributed by atoms with Crippen molar-refractivity contribution in [2.75, 3.05) is 13.2 Å². The summed E-state index contributed by atoms with van der Waals surface area (Å²) in [6, 6.07) is 3.24. The molecule has 1 saturated heterocycles. The zero-order valence-electron chi connectivity index (χ0n) is 13.3. The quantitative estimate of drug-likeness (QED) is 0.494. The number of aromatic nitrogens is 1. The highest BCUT2D eigenvalue weighted by Gasteiger charge is 2.48. The highest BCUT2D eigenvalue weighted by atomic mass is 16.6. The van der Waals surface area contributed by atoms with E-state index in [9.17, 15) is 15.0 Å². The first kappa shape index (κ1) is 17.8. The van der Waals surface area contributed by atoms with Crippen molar-refractivity contribution in [2.24, 2.45) is 5.92 Å². The van der Waals surface area contributed by atoms with Crippen LogP contribution in [0.2, 0.25) is 0 Å². The number of nitrogens with zero attached hydrogens (tertiary/aromatic N) is 1. The third-order valence-corrected chi connectivity index (χ3v) is 3.80. The minimum absolute atomic E-state index is 0.328. The molecule has 7 heteroatoms. The molecule has 4 atom stereocenters. The molecule has 1 aromatic rings. The van der Waals surface area contributed by atoms with Crippen LogP contribution in [0.5, 0.6) is 0 Å². The van der Waals surface area contributed by atoms with Crippen LogP contribution in [0.1, 0.15) is 36.9 Å². The molecule has 128 valence electrons. The van der Waals surface area contributed by atoms with Crippen LogP contribution in [-0.2, 0) is 9.47 Å². The average molecular weight is 326 g/mol. The fourth-order valence-corrected chi connectivity index (χ4v) is 2.37. The van der Waals surface area contributed by atoms with E-state index in [4.69, 9.17) is 14.6 Å². The number of hydrogen-bond donors (Lipinski definition) is 3.